The summed E-state index contributed by atoms with van der Waals surface area (Å²) < 4.78 is 1.10. The molecule has 0 atom stereocenters. The number of benzene rings is 2. The molecule has 1 heterocycles. The number of fused-ring (bicyclic) bond motifs is 1. The van der Waals surface area contributed by atoms with E-state index in [0.29, 0.717) is 6.54 Å². The maximum absolute atomic E-state index is 13.2. The van der Waals surface area contributed by atoms with Crippen LogP contribution in [0.3, 0.4) is 0 Å². The molecule has 1 aromatic heterocycles. The third kappa shape index (κ3) is 4.06. The van der Waals surface area contributed by atoms with Crippen LogP contribution in [0.25, 0.3) is 10.2 Å². The minimum atomic E-state index is 0.0240. The van der Waals surface area contributed by atoms with Gasteiger partial charge in [-0.15, -0.1) is 0 Å². The fraction of sp³-hybridized carbons (Fsp3) is 0.300. The Balaban J connectivity index is 1.94. The number of amides is 1. The Bertz CT molecular complexity index is 839. The molecule has 0 saturated carbocycles. The smallest absolute Gasteiger partial charge is 0.260 e. The van der Waals surface area contributed by atoms with Gasteiger partial charge in [0.15, 0.2) is 5.13 Å². The lowest BCUT2D eigenvalue weighted by Gasteiger charge is -2.21. The predicted molar refractivity (Wildman–Crippen MR) is 106 cm³/mol. The standard InChI is InChI=1S/C20H23N3OS/c1-15-9-4-5-10-16(15)19(24)23(14-8-13-22(2)3)20-21-17-11-6-7-12-18(17)25-20/h4-7,9-12H,8,13-14H2,1-3H3. The first-order valence-corrected chi connectivity index (χ1v) is 9.25. The minimum Gasteiger partial charge on any atom is -0.309 e. The lowest BCUT2D eigenvalue weighted by molar-refractivity contribution is 0.0985. The summed E-state index contributed by atoms with van der Waals surface area (Å²) in [6.45, 7) is 3.57. The van der Waals surface area contributed by atoms with Crippen molar-refractivity contribution in [2.24, 2.45) is 0 Å². The number of thiazole rings is 1. The van der Waals surface area contributed by atoms with Crippen LogP contribution in [0.1, 0.15) is 22.3 Å². The minimum absolute atomic E-state index is 0.0240. The topological polar surface area (TPSA) is 36.4 Å². The zero-order valence-electron chi connectivity index (χ0n) is 14.9. The maximum Gasteiger partial charge on any atom is 0.260 e. The SMILES string of the molecule is Cc1ccccc1C(=O)N(CCCN(C)C)c1nc2ccccc2s1. The number of para-hydroxylation sites is 1. The fourth-order valence-corrected chi connectivity index (χ4v) is 3.75. The average Bonchev–Trinajstić information content (AvgIpc) is 3.02. The van der Waals surface area contributed by atoms with Crippen LogP contribution in [0, 0.1) is 6.92 Å². The van der Waals surface area contributed by atoms with Crippen LogP contribution in [0.15, 0.2) is 48.5 Å². The van der Waals surface area contributed by atoms with Crippen LogP contribution >= 0.6 is 11.3 Å². The van der Waals surface area contributed by atoms with Gasteiger partial charge in [0.05, 0.1) is 10.2 Å². The van der Waals surface area contributed by atoms with Gasteiger partial charge in [-0.25, -0.2) is 4.98 Å². The van der Waals surface area contributed by atoms with Crippen molar-refractivity contribution in [3.05, 3.63) is 59.7 Å². The van der Waals surface area contributed by atoms with Crippen molar-refractivity contribution in [1.29, 1.82) is 0 Å². The average molecular weight is 353 g/mol. The molecule has 130 valence electrons. The highest BCUT2D eigenvalue weighted by Gasteiger charge is 2.22. The van der Waals surface area contributed by atoms with Crippen molar-refractivity contribution >= 4 is 32.6 Å². The number of carbonyl (C=O) groups is 1. The summed E-state index contributed by atoms with van der Waals surface area (Å²) in [5, 5.41) is 0.771. The number of nitrogens with zero attached hydrogens (tertiary/aromatic N) is 3. The molecule has 0 saturated heterocycles. The summed E-state index contributed by atoms with van der Waals surface area (Å²) in [7, 11) is 4.09. The van der Waals surface area contributed by atoms with E-state index < -0.39 is 0 Å². The molecular weight excluding hydrogens is 330 g/mol. The Kier molecular flexibility index (Phi) is 5.46. The van der Waals surface area contributed by atoms with Crippen LogP contribution < -0.4 is 4.90 Å². The molecule has 2 aromatic carbocycles. The quantitative estimate of drug-likeness (QED) is 0.666. The molecule has 3 rings (SSSR count). The molecule has 25 heavy (non-hydrogen) atoms. The van der Waals surface area contributed by atoms with Gasteiger partial charge in [-0.3, -0.25) is 9.69 Å². The molecule has 3 aromatic rings. The summed E-state index contributed by atoms with van der Waals surface area (Å²) >= 11 is 1.57. The molecule has 0 bridgehead atoms. The highest BCUT2D eigenvalue weighted by molar-refractivity contribution is 7.22. The second kappa shape index (κ2) is 7.76. The fourth-order valence-electron chi connectivity index (χ4n) is 2.76. The number of rotatable bonds is 6. The van der Waals surface area contributed by atoms with Gasteiger partial charge in [-0.05, 0) is 57.7 Å². The van der Waals surface area contributed by atoms with E-state index in [2.05, 4.69) is 4.90 Å². The van der Waals surface area contributed by atoms with Crippen LogP contribution in [-0.4, -0.2) is 43.0 Å². The molecule has 0 unspecified atom stereocenters. The van der Waals surface area contributed by atoms with Crippen molar-refractivity contribution in [1.82, 2.24) is 9.88 Å². The van der Waals surface area contributed by atoms with E-state index >= 15 is 0 Å². The zero-order valence-corrected chi connectivity index (χ0v) is 15.7. The van der Waals surface area contributed by atoms with E-state index in [9.17, 15) is 4.79 Å². The van der Waals surface area contributed by atoms with Gasteiger partial charge in [0.1, 0.15) is 0 Å². The number of aromatic nitrogens is 1. The second-order valence-electron chi connectivity index (χ2n) is 6.39. The highest BCUT2D eigenvalue weighted by Crippen LogP contribution is 2.30. The van der Waals surface area contributed by atoms with Crippen LogP contribution in [0.5, 0.6) is 0 Å². The van der Waals surface area contributed by atoms with E-state index in [1.807, 2.05) is 74.4 Å². The number of anilines is 1. The van der Waals surface area contributed by atoms with E-state index in [0.717, 1.165) is 39.4 Å². The summed E-state index contributed by atoms with van der Waals surface area (Å²) in [5.41, 5.74) is 2.68. The molecule has 0 aliphatic carbocycles. The van der Waals surface area contributed by atoms with Gasteiger partial charge in [-0.2, -0.15) is 0 Å². The molecule has 5 heteroatoms. The zero-order chi connectivity index (χ0) is 17.8. The molecule has 0 radical (unpaired) electrons. The van der Waals surface area contributed by atoms with Crippen molar-refractivity contribution < 1.29 is 4.79 Å². The molecule has 1 amide bonds. The molecule has 0 aliphatic rings. The number of hydrogen-bond acceptors (Lipinski definition) is 4. The van der Waals surface area contributed by atoms with Crippen LogP contribution in [0.2, 0.25) is 0 Å². The normalized spacial score (nSPS) is 11.2. The van der Waals surface area contributed by atoms with Gasteiger partial charge in [0.2, 0.25) is 0 Å². The van der Waals surface area contributed by atoms with Crippen LogP contribution in [0.4, 0.5) is 5.13 Å². The molecule has 0 N–H and O–H groups in total. The highest BCUT2D eigenvalue weighted by atomic mass is 32.1. The molecule has 0 spiro atoms. The molecule has 0 fully saturated rings. The van der Waals surface area contributed by atoms with Crippen molar-refractivity contribution in [3.63, 3.8) is 0 Å². The number of carbonyl (C=O) groups excluding carboxylic acids is 1. The lowest BCUT2D eigenvalue weighted by atomic mass is 10.1. The Hall–Kier alpha value is -2.24. The van der Waals surface area contributed by atoms with Gasteiger partial charge in [-0.1, -0.05) is 41.7 Å². The van der Waals surface area contributed by atoms with E-state index in [1.165, 1.54) is 0 Å². The first-order chi connectivity index (χ1) is 12.1. The van der Waals surface area contributed by atoms with E-state index in [1.54, 1.807) is 11.3 Å². The van der Waals surface area contributed by atoms with Crippen LogP contribution in [-0.2, 0) is 0 Å². The van der Waals surface area contributed by atoms with E-state index in [-0.39, 0.29) is 5.91 Å². The summed E-state index contributed by atoms with van der Waals surface area (Å²) in [5.74, 6) is 0.0240. The summed E-state index contributed by atoms with van der Waals surface area (Å²) in [4.78, 5) is 21.9. The third-order valence-corrected chi connectivity index (χ3v) is 5.18. The predicted octanol–water partition coefficient (Wildman–Crippen LogP) is 4.20. The van der Waals surface area contributed by atoms with Gasteiger partial charge in [0.25, 0.3) is 5.91 Å². The maximum atomic E-state index is 13.2. The van der Waals surface area contributed by atoms with Crippen molar-refractivity contribution in [2.45, 2.75) is 13.3 Å². The Morgan fingerprint density at radius 3 is 2.48 bits per heavy atom. The Morgan fingerprint density at radius 2 is 1.76 bits per heavy atom. The molecular formula is C20H23N3OS. The number of aryl methyl sites for hydroxylation is 1. The van der Waals surface area contributed by atoms with Gasteiger partial charge in [0, 0.05) is 12.1 Å². The Labute approximate surface area is 152 Å². The third-order valence-electron chi connectivity index (χ3n) is 4.12. The van der Waals surface area contributed by atoms with Crippen molar-refractivity contribution in [2.75, 3.05) is 32.1 Å². The second-order valence-corrected chi connectivity index (χ2v) is 7.40. The first kappa shape index (κ1) is 17.6. The Morgan fingerprint density at radius 1 is 1.04 bits per heavy atom. The van der Waals surface area contributed by atoms with E-state index in [4.69, 9.17) is 4.98 Å². The first-order valence-electron chi connectivity index (χ1n) is 8.44. The lowest BCUT2D eigenvalue weighted by Crippen LogP contribution is -2.33. The molecule has 4 nitrogen and oxygen atoms in total. The van der Waals surface area contributed by atoms with Gasteiger partial charge >= 0.3 is 0 Å². The largest absolute Gasteiger partial charge is 0.309 e. The summed E-state index contributed by atoms with van der Waals surface area (Å²) in [6.07, 6.45) is 0.903. The summed E-state index contributed by atoms with van der Waals surface area (Å²) in [6, 6.07) is 15.8. The van der Waals surface area contributed by atoms with Crippen molar-refractivity contribution in [3.8, 4) is 0 Å². The molecule has 0 aliphatic heterocycles. The number of hydrogen-bond donors (Lipinski definition) is 0. The van der Waals surface area contributed by atoms with Gasteiger partial charge < -0.3 is 4.90 Å². The monoisotopic (exact) mass is 353 g/mol.